The monoisotopic (exact) mass is 296 g/mol. The van der Waals surface area contributed by atoms with E-state index < -0.39 is 0 Å². The zero-order chi connectivity index (χ0) is 13.7. The third-order valence-corrected chi connectivity index (χ3v) is 4.67. The number of thiazole rings is 1. The van der Waals surface area contributed by atoms with Gasteiger partial charge in [0.25, 0.3) is 5.91 Å². The molecule has 0 bridgehead atoms. The van der Waals surface area contributed by atoms with Crippen molar-refractivity contribution >= 4 is 28.6 Å². The van der Waals surface area contributed by atoms with Crippen LogP contribution in [0.5, 0.6) is 0 Å². The fraction of sp³-hybridized carbons (Fsp3) is 0.385. The SMILES string of the molecule is CC(CCCO)NC(=O)c1cnc(-c2cccs2)s1. The Labute approximate surface area is 120 Å². The summed E-state index contributed by atoms with van der Waals surface area (Å²) in [4.78, 5) is 18.0. The minimum Gasteiger partial charge on any atom is -0.396 e. The molecule has 1 unspecified atom stereocenters. The van der Waals surface area contributed by atoms with Gasteiger partial charge >= 0.3 is 0 Å². The van der Waals surface area contributed by atoms with Crippen LogP contribution >= 0.6 is 22.7 Å². The van der Waals surface area contributed by atoms with Gasteiger partial charge < -0.3 is 10.4 Å². The van der Waals surface area contributed by atoms with Gasteiger partial charge in [-0.3, -0.25) is 4.79 Å². The highest BCUT2D eigenvalue weighted by Gasteiger charge is 2.14. The molecule has 2 rings (SSSR count). The predicted molar refractivity (Wildman–Crippen MR) is 78.7 cm³/mol. The first-order valence-electron chi connectivity index (χ1n) is 6.12. The molecule has 0 aliphatic rings. The van der Waals surface area contributed by atoms with Crippen molar-refractivity contribution in [1.82, 2.24) is 10.3 Å². The summed E-state index contributed by atoms with van der Waals surface area (Å²) >= 11 is 3.02. The minimum absolute atomic E-state index is 0.0620. The van der Waals surface area contributed by atoms with Crippen molar-refractivity contribution in [3.8, 4) is 9.88 Å². The van der Waals surface area contributed by atoms with Crippen molar-refractivity contribution in [2.75, 3.05) is 6.61 Å². The van der Waals surface area contributed by atoms with Crippen LogP contribution in [-0.2, 0) is 0 Å². The van der Waals surface area contributed by atoms with Crippen LogP contribution in [0.25, 0.3) is 9.88 Å². The number of rotatable bonds is 6. The lowest BCUT2D eigenvalue weighted by Crippen LogP contribution is -2.32. The van der Waals surface area contributed by atoms with E-state index in [-0.39, 0.29) is 18.6 Å². The average molecular weight is 296 g/mol. The Balaban J connectivity index is 1.96. The van der Waals surface area contributed by atoms with Gasteiger partial charge in [0, 0.05) is 12.6 Å². The minimum atomic E-state index is -0.0919. The smallest absolute Gasteiger partial charge is 0.263 e. The number of aliphatic hydroxyl groups is 1. The van der Waals surface area contributed by atoms with E-state index in [0.29, 0.717) is 11.3 Å². The van der Waals surface area contributed by atoms with Gasteiger partial charge in [0.2, 0.25) is 0 Å². The molecule has 0 aromatic carbocycles. The molecule has 2 heterocycles. The molecule has 0 spiro atoms. The van der Waals surface area contributed by atoms with E-state index in [1.54, 1.807) is 17.5 Å². The lowest BCUT2D eigenvalue weighted by molar-refractivity contribution is 0.0940. The van der Waals surface area contributed by atoms with Gasteiger partial charge in [-0.2, -0.15) is 0 Å². The summed E-state index contributed by atoms with van der Waals surface area (Å²) in [6.07, 6.45) is 3.09. The molecule has 0 fully saturated rings. The van der Waals surface area contributed by atoms with Crippen LogP contribution in [0, 0.1) is 0 Å². The van der Waals surface area contributed by atoms with Crippen molar-refractivity contribution in [3.63, 3.8) is 0 Å². The second-order valence-corrected chi connectivity index (χ2v) is 6.23. The Morgan fingerprint density at radius 2 is 2.42 bits per heavy atom. The largest absolute Gasteiger partial charge is 0.396 e. The van der Waals surface area contributed by atoms with Crippen LogP contribution in [0.3, 0.4) is 0 Å². The number of thiophene rings is 1. The molecule has 6 heteroatoms. The maximum Gasteiger partial charge on any atom is 0.263 e. The molecule has 102 valence electrons. The molecule has 4 nitrogen and oxygen atoms in total. The number of carbonyl (C=O) groups is 1. The Hall–Kier alpha value is -1.24. The van der Waals surface area contributed by atoms with E-state index in [1.807, 2.05) is 24.4 Å². The van der Waals surface area contributed by atoms with Crippen LogP contribution in [0.2, 0.25) is 0 Å². The maximum absolute atomic E-state index is 12.0. The van der Waals surface area contributed by atoms with Crippen LogP contribution in [0.15, 0.2) is 23.7 Å². The first-order valence-corrected chi connectivity index (χ1v) is 7.81. The number of hydrogen-bond acceptors (Lipinski definition) is 5. The van der Waals surface area contributed by atoms with Gasteiger partial charge in [-0.25, -0.2) is 4.98 Å². The normalized spacial score (nSPS) is 12.3. The first-order chi connectivity index (χ1) is 9.20. The molecule has 0 radical (unpaired) electrons. The molecular weight excluding hydrogens is 280 g/mol. The van der Waals surface area contributed by atoms with Crippen LogP contribution < -0.4 is 5.32 Å². The molecule has 0 aliphatic heterocycles. The van der Waals surface area contributed by atoms with Crippen LogP contribution in [0.4, 0.5) is 0 Å². The molecule has 1 amide bonds. The van der Waals surface area contributed by atoms with E-state index in [0.717, 1.165) is 16.3 Å². The summed E-state index contributed by atoms with van der Waals surface area (Å²) in [5, 5.41) is 14.5. The molecule has 1 atom stereocenters. The lowest BCUT2D eigenvalue weighted by Gasteiger charge is -2.11. The van der Waals surface area contributed by atoms with Crippen molar-refractivity contribution in [2.45, 2.75) is 25.8 Å². The number of nitrogens with one attached hydrogen (secondary N) is 1. The second-order valence-electron chi connectivity index (χ2n) is 4.25. The van der Waals surface area contributed by atoms with Crippen molar-refractivity contribution in [3.05, 3.63) is 28.6 Å². The quantitative estimate of drug-likeness (QED) is 0.861. The third kappa shape index (κ3) is 3.86. The Bertz CT molecular complexity index is 522. The molecule has 2 aromatic rings. The highest BCUT2D eigenvalue weighted by molar-refractivity contribution is 7.21. The molecule has 2 N–H and O–H groups in total. The number of hydrogen-bond donors (Lipinski definition) is 2. The number of aromatic nitrogens is 1. The average Bonchev–Trinajstić information content (AvgIpc) is 3.05. The van der Waals surface area contributed by atoms with Gasteiger partial charge in [-0.1, -0.05) is 6.07 Å². The number of aliphatic hydroxyl groups excluding tert-OH is 1. The summed E-state index contributed by atoms with van der Waals surface area (Å²) in [6.45, 7) is 2.10. The van der Waals surface area contributed by atoms with Gasteiger partial charge in [0.1, 0.15) is 9.88 Å². The topological polar surface area (TPSA) is 62.2 Å². The Morgan fingerprint density at radius 1 is 1.58 bits per heavy atom. The molecular formula is C13H16N2O2S2. The first kappa shape index (κ1) is 14.2. The maximum atomic E-state index is 12.0. The van der Waals surface area contributed by atoms with Crippen LogP contribution in [0.1, 0.15) is 29.4 Å². The van der Waals surface area contributed by atoms with Gasteiger partial charge in [-0.05, 0) is 31.2 Å². The summed E-state index contributed by atoms with van der Waals surface area (Å²) in [6, 6.07) is 4.03. The highest BCUT2D eigenvalue weighted by atomic mass is 32.1. The molecule has 0 saturated heterocycles. The van der Waals surface area contributed by atoms with Crippen molar-refractivity contribution in [1.29, 1.82) is 0 Å². The Morgan fingerprint density at radius 3 is 3.11 bits per heavy atom. The molecule has 0 saturated carbocycles. The van der Waals surface area contributed by atoms with Gasteiger partial charge in [0.15, 0.2) is 0 Å². The number of amides is 1. The zero-order valence-corrected chi connectivity index (χ0v) is 12.3. The molecule has 2 aromatic heterocycles. The van der Waals surface area contributed by atoms with E-state index in [1.165, 1.54) is 11.3 Å². The number of nitrogens with zero attached hydrogens (tertiary/aromatic N) is 1. The molecule has 19 heavy (non-hydrogen) atoms. The number of carbonyl (C=O) groups excluding carboxylic acids is 1. The molecule has 0 aliphatic carbocycles. The Kier molecular flexibility index (Phi) is 5.07. The van der Waals surface area contributed by atoms with Gasteiger partial charge in [-0.15, -0.1) is 22.7 Å². The van der Waals surface area contributed by atoms with E-state index in [9.17, 15) is 4.79 Å². The van der Waals surface area contributed by atoms with E-state index >= 15 is 0 Å². The van der Waals surface area contributed by atoms with Crippen molar-refractivity contribution in [2.24, 2.45) is 0 Å². The van der Waals surface area contributed by atoms with Gasteiger partial charge in [0.05, 0.1) is 11.1 Å². The fourth-order valence-corrected chi connectivity index (χ4v) is 3.28. The standard InChI is InChI=1S/C13H16N2O2S2/c1-9(4-2-6-16)15-12(17)11-8-14-13(19-11)10-5-3-7-18-10/h3,5,7-9,16H,2,4,6H2,1H3,(H,15,17). The van der Waals surface area contributed by atoms with E-state index in [2.05, 4.69) is 10.3 Å². The summed E-state index contributed by atoms with van der Waals surface area (Å²) < 4.78 is 0. The summed E-state index contributed by atoms with van der Waals surface area (Å²) in [5.74, 6) is -0.0919. The van der Waals surface area contributed by atoms with Crippen molar-refractivity contribution < 1.29 is 9.90 Å². The van der Waals surface area contributed by atoms with E-state index in [4.69, 9.17) is 5.11 Å². The third-order valence-electron chi connectivity index (χ3n) is 2.63. The zero-order valence-electron chi connectivity index (χ0n) is 10.6. The summed E-state index contributed by atoms with van der Waals surface area (Å²) in [5.41, 5.74) is 0. The summed E-state index contributed by atoms with van der Waals surface area (Å²) in [7, 11) is 0. The lowest BCUT2D eigenvalue weighted by atomic mass is 10.2. The predicted octanol–water partition coefficient (Wildman–Crippen LogP) is 2.76. The highest BCUT2D eigenvalue weighted by Crippen LogP contribution is 2.28. The second kappa shape index (κ2) is 6.79. The fourth-order valence-electron chi connectivity index (χ4n) is 1.66. The van der Waals surface area contributed by atoms with Crippen LogP contribution in [-0.4, -0.2) is 28.6 Å².